The van der Waals surface area contributed by atoms with Gasteiger partial charge in [-0.1, -0.05) is 0 Å². The van der Waals surface area contributed by atoms with Gasteiger partial charge >= 0.3 is 0 Å². The summed E-state index contributed by atoms with van der Waals surface area (Å²) in [6.45, 7) is 5.19. The van der Waals surface area contributed by atoms with Crippen LogP contribution >= 0.6 is 0 Å². The molecule has 0 atom stereocenters. The van der Waals surface area contributed by atoms with Crippen LogP contribution in [0, 0.1) is 6.92 Å². The number of aliphatic hydroxyl groups is 1. The Hall–Kier alpha value is -1.36. The van der Waals surface area contributed by atoms with E-state index in [1.54, 1.807) is 6.07 Å². The first kappa shape index (κ1) is 11.7. The first-order valence-electron chi connectivity index (χ1n) is 5.09. The van der Waals surface area contributed by atoms with Gasteiger partial charge in [-0.05, 0) is 20.3 Å². The predicted molar refractivity (Wildman–Crippen MR) is 58.1 cm³/mol. The Morgan fingerprint density at radius 2 is 2.27 bits per heavy atom. The maximum absolute atomic E-state index is 8.64. The summed E-state index contributed by atoms with van der Waals surface area (Å²) in [5.74, 6) is 1.99. The van der Waals surface area contributed by atoms with Crippen molar-refractivity contribution in [3.8, 4) is 5.88 Å². The van der Waals surface area contributed by atoms with E-state index in [1.807, 2.05) is 13.8 Å². The third-order valence-electron chi connectivity index (χ3n) is 1.75. The van der Waals surface area contributed by atoms with E-state index in [4.69, 9.17) is 9.84 Å². The number of ether oxygens (including phenoxy) is 1. The Balaban J connectivity index is 2.62. The van der Waals surface area contributed by atoms with Gasteiger partial charge < -0.3 is 15.2 Å². The first-order valence-corrected chi connectivity index (χ1v) is 5.09. The molecule has 0 unspecified atom stereocenters. The number of nitrogens with one attached hydrogen (secondary N) is 1. The fourth-order valence-corrected chi connectivity index (χ4v) is 1.15. The van der Waals surface area contributed by atoms with Crippen LogP contribution in [0.15, 0.2) is 6.07 Å². The van der Waals surface area contributed by atoms with Crippen molar-refractivity contribution in [2.24, 2.45) is 0 Å². The Morgan fingerprint density at radius 1 is 1.47 bits per heavy atom. The Labute approximate surface area is 89.5 Å². The van der Waals surface area contributed by atoms with E-state index >= 15 is 0 Å². The van der Waals surface area contributed by atoms with Gasteiger partial charge in [-0.2, -0.15) is 4.98 Å². The van der Waals surface area contributed by atoms with Crippen LogP contribution < -0.4 is 10.1 Å². The molecule has 5 heteroatoms. The standard InChI is InChI=1S/C10H17N3O2/c1-3-15-10-7-9(11-5-4-6-14)12-8(2)13-10/h7,14H,3-6H2,1-2H3,(H,11,12,13). The molecule has 0 amide bonds. The Bertz CT molecular complexity index is 305. The van der Waals surface area contributed by atoms with Crippen molar-refractivity contribution in [2.75, 3.05) is 25.1 Å². The van der Waals surface area contributed by atoms with Crippen molar-refractivity contribution in [2.45, 2.75) is 20.3 Å². The van der Waals surface area contributed by atoms with Gasteiger partial charge in [0.05, 0.1) is 6.61 Å². The van der Waals surface area contributed by atoms with Crippen LogP contribution in [0.2, 0.25) is 0 Å². The number of rotatable bonds is 6. The lowest BCUT2D eigenvalue weighted by Crippen LogP contribution is -2.07. The summed E-state index contributed by atoms with van der Waals surface area (Å²) in [5, 5.41) is 11.7. The molecule has 15 heavy (non-hydrogen) atoms. The van der Waals surface area contributed by atoms with E-state index < -0.39 is 0 Å². The number of hydrogen-bond acceptors (Lipinski definition) is 5. The second kappa shape index (κ2) is 6.19. The molecular weight excluding hydrogens is 194 g/mol. The zero-order valence-corrected chi connectivity index (χ0v) is 9.16. The van der Waals surface area contributed by atoms with Crippen LogP contribution in [0.4, 0.5) is 5.82 Å². The summed E-state index contributed by atoms with van der Waals surface area (Å²) in [6.07, 6.45) is 0.701. The molecule has 1 heterocycles. The highest BCUT2D eigenvalue weighted by atomic mass is 16.5. The summed E-state index contributed by atoms with van der Waals surface area (Å²) in [4.78, 5) is 8.33. The summed E-state index contributed by atoms with van der Waals surface area (Å²) in [5.41, 5.74) is 0. The highest BCUT2D eigenvalue weighted by Crippen LogP contribution is 2.12. The number of hydrogen-bond donors (Lipinski definition) is 2. The fourth-order valence-electron chi connectivity index (χ4n) is 1.15. The van der Waals surface area contributed by atoms with Crippen LogP contribution in [-0.4, -0.2) is 34.8 Å². The molecule has 1 rings (SSSR count). The molecule has 1 aromatic rings. The van der Waals surface area contributed by atoms with Crippen LogP contribution in [0.3, 0.4) is 0 Å². The Morgan fingerprint density at radius 3 is 2.93 bits per heavy atom. The Kier molecular flexibility index (Phi) is 4.83. The lowest BCUT2D eigenvalue weighted by Gasteiger charge is -2.07. The normalized spacial score (nSPS) is 10.1. The number of aliphatic hydroxyl groups excluding tert-OH is 1. The monoisotopic (exact) mass is 211 g/mol. The summed E-state index contributed by atoms with van der Waals surface area (Å²) in [6, 6.07) is 1.76. The van der Waals surface area contributed by atoms with Crippen LogP contribution in [-0.2, 0) is 0 Å². The maximum Gasteiger partial charge on any atom is 0.218 e. The molecule has 0 aromatic carbocycles. The lowest BCUT2D eigenvalue weighted by atomic mass is 10.4. The molecule has 0 radical (unpaired) electrons. The molecular formula is C10H17N3O2. The third kappa shape index (κ3) is 4.12. The average Bonchev–Trinajstić information content (AvgIpc) is 2.18. The van der Waals surface area contributed by atoms with Crippen LogP contribution in [0.1, 0.15) is 19.2 Å². The zero-order valence-electron chi connectivity index (χ0n) is 9.16. The van der Waals surface area contributed by atoms with Crippen molar-refractivity contribution in [3.05, 3.63) is 11.9 Å². The minimum absolute atomic E-state index is 0.176. The predicted octanol–water partition coefficient (Wildman–Crippen LogP) is 0.978. The number of nitrogens with zero attached hydrogens (tertiary/aromatic N) is 2. The van der Waals surface area contributed by atoms with Crippen molar-refractivity contribution in [1.82, 2.24) is 9.97 Å². The molecule has 1 aromatic heterocycles. The van der Waals surface area contributed by atoms with Crippen molar-refractivity contribution in [3.63, 3.8) is 0 Å². The quantitative estimate of drug-likeness (QED) is 0.686. The van der Waals surface area contributed by atoms with E-state index in [2.05, 4.69) is 15.3 Å². The number of aryl methyl sites for hydroxylation is 1. The molecule has 0 spiro atoms. The molecule has 0 aliphatic carbocycles. The van der Waals surface area contributed by atoms with E-state index in [0.29, 0.717) is 31.3 Å². The van der Waals surface area contributed by atoms with Gasteiger partial charge in [-0.3, -0.25) is 0 Å². The smallest absolute Gasteiger partial charge is 0.218 e. The van der Waals surface area contributed by atoms with E-state index in [-0.39, 0.29) is 6.61 Å². The van der Waals surface area contributed by atoms with Gasteiger partial charge in [0, 0.05) is 19.2 Å². The molecule has 0 aliphatic heterocycles. The summed E-state index contributed by atoms with van der Waals surface area (Å²) >= 11 is 0. The molecule has 0 aliphatic rings. The highest BCUT2D eigenvalue weighted by molar-refractivity contribution is 5.38. The van der Waals surface area contributed by atoms with Crippen molar-refractivity contribution < 1.29 is 9.84 Å². The molecule has 2 N–H and O–H groups in total. The van der Waals surface area contributed by atoms with Gasteiger partial charge in [-0.25, -0.2) is 4.98 Å². The van der Waals surface area contributed by atoms with E-state index in [9.17, 15) is 0 Å². The topological polar surface area (TPSA) is 67.3 Å². The SMILES string of the molecule is CCOc1cc(NCCCO)nc(C)n1. The largest absolute Gasteiger partial charge is 0.478 e. The van der Waals surface area contributed by atoms with Gasteiger partial charge in [0.1, 0.15) is 11.6 Å². The minimum Gasteiger partial charge on any atom is -0.478 e. The van der Waals surface area contributed by atoms with Crippen molar-refractivity contribution in [1.29, 1.82) is 0 Å². The molecule has 0 bridgehead atoms. The van der Waals surface area contributed by atoms with Crippen molar-refractivity contribution >= 4 is 5.82 Å². The molecule has 5 nitrogen and oxygen atoms in total. The average molecular weight is 211 g/mol. The first-order chi connectivity index (χ1) is 7.26. The fraction of sp³-hybridized carbons (Fsp3) is 0.600. The van der Waals surface area contributed by atoms with E-state index in [1.165, 1.54) is 0 Å². The molecule has 0 saturated carbocycles. The second-order valence-corrected chi connectivity index (χ2v) is 3.08. The van der Waals surface area contributed by atoms with Gasteiger partial charge in [0.25, 0.3) is 0 Å². The third-order valence-corrected chi connectivity index (χ3v) is 1.75. The molecule has 0 saturated heterocycles. The highest BCUT2D eigenvalue weighted by Gasteiger charge is 2.01. The van der Waals surface area contributed by atoms with Gasteiger partial charge in [-0.15, -0.1) is 0 Å². The zero-order chi connectivity index (χ0) is 11.1. The summed E-state index contributed by atoms with van der Waals surface area (Å²) < 4.78 is 5.29. The molecule has 84 valence electrons. The minimum atomic E-state index is 0.176. The van der Waals surface area contributed by atoms with Crippen LogP contribution in [0.25, 0.3) is 0 Å². The second-order valence-electron chi connectivity index (χ2n) is 3.08. The number of aromatic nitrogens is 2. The van der Waals surface area contributed by atoms with Gasteiger partial charge in [0.15, 0.2) is 0 Å². The number of anilines is 1. The van der Waals surface area contributed by atoms with Crippen LogP contribution in [0.5, 0.6) is 5.88 Å². The molecule has 0 fully saturated rings. The summed E-state index contributed by atoms with van der Waals surface area (Å²) in [7, 11) is 0. The van der Waals surface area contributed by atoms with E-state index in [0.717, 1.165) is 5.82 Å². The maximum atomic E-state index is 8.64. The van der Waals surface area contributed by atoms with Gasteiger partial charge in [0.2, 0.25) is 5.88 Å². The lowest BCUT2D eigenvalue weighted by molar-refractivity contribution is 0.292.